The number of allylic oxidation sites excluding steroid dienone is 1. The number of nitrogens with zero attached hydrogens (tertiary/aromatic N) is 1. The highest BCUT2D eigenvalue weighted by atomic mass is 16.5. The van der Waals surface area contributed by atoms with Gasteiger partial charge in [0.1, 0.15) is 18.7 Å². The lowest BCUT2D eigenvalue weighted by Gasteiger charge is -2.09. The topological polar surface area (TPSA) is 81.0 Å². The zero-order chi connectivity index (χ0) is 17.6. The number of nitrogens with two attached hydrogens (primary N) is 1. The predicted molar refractivity (Wildman–Crippen MR) is 100 cm³/mol. The fourth-order valence-electron chi connectivity index (χ4n) is 2.77. The molecule has 0 saturated heterocycles. The number of hydrogen-bond acceptors (Lipinski definition) is 4. The Morgan fingerprint density at radius 1 is 1.28 bits per heavy atom. The molecule has 1 aromatic heterocycles. The lowest BCUT2D eigenvalue weighted by Crippen LogP contribution is -1.93. The Bertz CT molecular complexity index is 895. The number of benzene rings is 2. The number of ether oxygens (including phenoxy) is 1. The van der Waals surface area contributed by atoms with Gasteiger partial charge in [-0.1, -0.05) is 12.2 Å². The van der Waals surface area contributed by atoms with Crippen molar-refractivity contribution in [1.29, 1.82) is 0 Å². The second-order valence-corrected chi connectivity index (χ2v) is 5.91. The van der Waals surface area contributed by atoms with E-state index < -0.39 is 0 Å². The van der Waals surface area contributed by atoms with Gasteiger partial charge < -0.3 is 15.5 Å². The highest BCUT2D eigenvalue weighted by Gasteiger charge is 2.09. The van der Waals surface area contributed by atoms with E-state index in [-0.39, 0.29) is 0 Å². The zero-order valence-corrected chi connectivity index (χ0v) is 14.2. The third-order valence-corrected chi connectivity index (χ3v) is 4.02. The molecule has 3 N–H and O–H groups in total. The Morgan fingerprint density at radius 3 is 2.80 bits per heavy atom. The van der Waals surface area contributed by atoms with Crippen molar-refractivity contribution in [2.24, 2.45) is 0 Å². The van der Waals surface area contributed by atoms with E-state index in [1.807, 2.05) is 0 Å². The van der Waals surface area contributed by atoms with Gasteiger partial charge in [0.15, 0.2) is 0 Å². The predicted octanol–water partition coefficient (Wildman–Crippen LogP) is 3.75. The van der Waals surface area contributed by atoms with E-state index in [0.717, 1.165) is 36.0 Å². The largest absolute Gasteiger partial charge is 0.399 e. The van der Waals surface area contributed by atoms with Crippen LogP contribution in [0.4, 0.5) is 5.69 Å². The van der Waals surface area contributed by atoms with E-state index in [1.165, 1.54) is 11.1 Å². The van der Waals surface area contributed by atoms with Gasteiger partial charge in [0.2, 0.25) is 0 Å². The molecular weight excluding hydrogens is 314 g/mol. The molecule has 0 radical (unpaired) electrons. The first-order valence-corrected chi connectivity index (χ1v) is 8.17. The Hall–Kier alpha value is -2.92. The van der Waals surface area contributed by atoms with Crippen LogP contribution >= 0.6 is 0 Å². The Labute approximate surface area is 146 Å². The van der Waals surface area contributed by atoms with Crippen LogP contribution in [0.2, 0.25) is 0 Å². The van der Waals surface area contributed by atoms with Crippen molar-refractivity contribution in [2.75, 3.05) is 12.8 Å². The highest BCUT2D eigenvalue weighted by Crippen LogP contribution is 2.24. The van der Waals surface area contributed by atoms with Crippen molar-refractivity contribution in [3.63, 3.8) is 0 Å². The van der Waals surface area contributed by atoms with Gasteiger partial charge in [-0.3, -0.25) is 4.79 Å². The fourth-order valence-corrected chi connectivity index (χ4v) is 2.77. The molecule has 0 bridgehead atoms. The minimum absolute atomic E-state index is 0.537. The van der Waals surface area contributed by atoms with E-state index >= 15 is 0 Å². The van der Waals surface area contributed by atoms with Crippen LogP contribution in [0, 0.1) is 0 Å². The highest BCUT2D eigenvalue weighted by molar-refractivity contribution is 5.80. The standard InChI is InChI=1S/C13H14N2O.C7H7NO/c1-16-8-13-14-11-6-9-4-2-3-5-10(9)7-12(11)15-13;8-7-3-1-6(5-9)2-4-7/h2,4,6-7H,3,5,8H2,1H3,(H,14,15);1-5H,8H2. The molecule has 0 fully saturated rings. The molecule has 2 aromatic carbocycles. The summed E-state index contributed by atoms with van der Waals surface area (Å²) in [5.41, 5.74) is 11.5. The van der Waals surface area contributed by atoms with Gasteiger partial charge in [0.25, 0.3) is 0 Å². The first-order chi connectivity index (χ1) is 12.2. The van der Waals surface area contributed by atoms with Crippen molar-refractivity contribution in [2.45, 2.75) is 19.4 Å². The van der Waals surface area contributed by atoms with Crippen LogP contribution in [0.15, 0.2) is 42.5 Å². The van der Waals surface area contributed by atoms with Crippen molar-refractivity contribution < 1.29 is 9.53 Å². The van der Waals surface area contributed by atoms with E-state index in [4.69, 9.17) is 10.5 Å². The first-order valence-electron chi connectivity index (χ1n) is 8.17. The van der Waals surface area contributed by atoms with Gasteiger partial charge in [-0.15, -0.1) is 0 Å². The molecule has 25 heavy (non-hydrogen) atoms. The molecular formula is C20H21N3O2. The molecule has 4 rings (SSSR count). The van der Waals surface area contributed by atoms with Crippen LogP contribution in [0.3, 0.4) is 0 Å². The average Bonchev–Trinajstić information content (AvgIpc) is 3.02. The normalized spacial score (nSPS) is 12.4. The van der Waals surface area contributed by atoms with E-state index in [9.17, 15) is 4.79 Å². The molecule has 1 aliphatic rings. The molecule has 0 spiro atoms. The molecule has 1 aliphatic carbocycles. The summed E-state index contributed by atoms with van der Waals surface area (Å²) in [5, 5.41) is 0. The molecule has 3 aromatic rings. The van der Waals surface area contributed by atoms with Gasteiger partial charge in [0.05, 0.1) is 11.0 Å². The quantitative estimate of drug-likeness (QED) is 0.564. The first kappa shape index (κ1) is 16.9. The molecule has 128 valence electrons. The van der Waals surface area contributed by atoms with Crippen molar-refractivity contribution in [3.8, 4) is 0 Å². The van der Waals surface area contributed by atoms with Crippen LogP contribution in [-0.4, -0.2) is 23.4 Å². The minimum atomic E-state index is 0.537. The second kappa shape index (κ2) is 7.77. The van der Waals surface area contributed by atoms with Crippen molar-refractivity contribution in [3.05, 3.63) is 65.0 Å². The second-order valence-electron chi connectivity index (χ2n) is 5.91. The number of aryl methyl sites for hydroxylation is 1. The maximum atomic E-state index is 10.1. The van der Waals surface area contributed by atoms with Gasteiger partial charge in [-0.05, 0) is 60.4 Å². The summed E-state index contributed by atoms with van der Waals surface area (Å²) < 4.78 is 5.08. The Kier molecular flexibility index (Phi) is 5.26. The summed E-state index contributed by atoms with van der Waals surface area (Å²) in [4.78, 5) is 17.9. The van der Waals surface area contributed by atoms with E-state index in [2.05, 4.69) is 34.3 Å². The molecule has 0 saturated carbocycles. The summed E-state index contributed by atoms with van der Waals surface area (Å²) in [7, 11) is 1.68. The number of aromatic nitrogens is 2. The Morgan fingerprint density at radius 2 is 2.08 bits per heavy atom. The van der Waals surface area contributed by atoms with Crippen LogP contribution in [0.1, 0.15) is 33.7 Å². The van der Waals surface area contributed by atoms with Gasteiger partial charge in [-0.2, -0.15) is 0 Å². The summed E-state index contributed by atoms with van der Waals surface area (Å²) in [6.07, 6.45) is 7.46. The number of carbonyl (C=O) groups is 1. The molecule has 1 heterocycles. The summed E-state index contributed by atoms with van der Waals surface area (Å²) in [6.45, 7) is 0.537. The van der Waals surface area contributed by atoms with Gasteiger partial charge in [-0.25, -0.2) is 4.98 Å². The molecule has 0 atom stereocenters. The minimum Gasteiger partial charge on any atom is -0.399 e. The van der Waals surface area contributed by atoms with Crippen LogP contribution in [-0.2, 0) is 17.8 Å². The maximum Gasteiger partial charge on any atom is 0.150 e. The van der Waals surface area contributed by atoms with Crippen LogP contribution in [0.25, 0.3) is 17.1 Å². The smallest absolute Gasteiger partial charge is 0.150 e. The number of fused-ring (bicyclic) bond motifs is 2. The third-order valence-electron chi connectivity index (χ3n) is 4.02. The number of methoxy groups -OCH3 is 1. The molecule has 5 nitrogen and oxygen atoms in total. The maximum absolute atomic E-state index is 10.1. The number of H-pyrrole nitrogens is 1. The number of aromatic amines is 1. The summed E-state index contributed by atoms with van der Waals surface area (Å²) >= 11 is 0. The molecule has 5 heteroatoms. The average molecular weight is 335 g/mol. The fraction of sp³-hybridized carbons (Fsp3) is 0.200. The van der Waals surface area contributed by atoms with Crippen molar-refractivity contribution in [1.82, 2.24) is 9.97 Å². The van der Waals surface area contributed by atoms with Crippen LogP contribution in [0.5, 0.6) is 0 Å². The number of carbonyl (C=O) groups excluding carboxylic acids is 1. The lowest BCUT2D eigenvalue weighted by molar-refractivity contribution is 0.112. The third kappa shape index (κ3) is 4.14. The number of rotatable bonds is 3. The monoisotopic (exact) mass is 335 g/mol. The number of hydrogen-bond donors (Lipinski definition) is 2. The van der Waals surface area contributed by atoms with Gasteiger partial charge >= 0.3 is 0 Å². The Balaban J connectivity index is 0.000000173. The number of nitrogen functional groups attached to an aromatic ring is 1. The van der Waals surface area contributed by atoms with Crippen LogP contribution < -0.4 is 5.73 Å². The lowest BCUT2D eigenvalue weighted by atomic mass is 9.97. The molecule has 0 unspecified atom stereocenters. The summed E-state index contributed by atoms with van der Waals surface area (Å²) in [6, 6.07) is 11.1. The SMILES string of the molecule is COCc1nc2cc3c(cc2[nH]1)CCC=C3.Nc1ccc(C=O)cc1. The number of imidazole rings is 1. The number of anilines is 1. The number of nitrogens with one attached hydrogen (secondary N) is 1. The molecule has 0 aliphatic heterocycles. The molecule has 0 amide bonds. The number of aldehydes is 1. The van der Waals surface area contributed by atoms with Gasteiger partial charge in [0, 0.05) is 18.4 Å². The zero-order valence-electron chi connectivity index (χ0n) is 14.2. The summed E-state index contributed by atoms with van der Waals surface area (Å²) in [5.74, 6) is 0.892. The van der Waals surface area contributed by atoms with Crippen molar-refractivity contribution >= 4 is 29.1 Å². The van der Waals surface area contributed by atoms with E-state index in [1.54, 1.807) is 31.4 Å². The van der Waals surface area contributed by atoms with E-state index in [0.29, 0.717) is 17.9 Å².